The summed E-state index contributed by atoms with van der Waals surface area (Å²) in [4.78, 5) is 24.8. The lowest BCUT2D eigenvalue weighted by molar-refractivity contribution is -0.133. The molecule has 0 aromatic carbocycles. The zero-order valence-electron chi connectivity index (χ0n) is 17.4. The van der Waals surface area contributed by atoms with Crippen LogP contribution in [0.1, 0.15) is 66.7 Å². The second-order valence-electron chi connectivity index (χ2n) is 10.7. The molecule has 4 rings (SSSR count). The average Bonchev–Trinajstić information content (AvgIpc) is 2.91. The van der Waals surface area contributed by atoms with Crippen molar-refractivity contribution in [2.24, 2.45) is 34.5 Å². The maximum absolute atomic E-state index is 13.0. The molecule has 2 fully saturated rings. The standard InChI is InChI=1S/C23H34N2O2/c1-21(2,3)25-20(27)17-8-7-15-14-6-9-18-23(5,13-11-19(26)24-18)16(14)10-12-22(15,17)4/h9,11,13-17H,6-8,10,12H2,1-5H3,(H,24,26)(H,25,27)/t14-,15-,16-,17+,22-,23+/m0/s1. The summed E-state index contributed by atoms with van der Waals surface area (Å²) in [5.74, 6) is 2.11. The SMILES string of the molecule is CC(C)(C)NC(=O)[C@H]1CC[C@H]2[C@@H]3CC=C4NC(=O)C=C[C@]4(C)[C@H]3CC[C@]12C. The van der Waals surface area contributed by atoms with Crippen molar-refractivity contribution < 1.29 is 9.59 Å². The van der Waals surface area contributed by atoms with Crippen LogP contribution in [-0.4, -0.2) is 17.4 Å². The smallest absolute Gasteiger partial charge is 0.247 e. The summed E-state index contributed by atoms with van der Waals surface area (Å²) in [7, 11) is 0. The van der Waals surface area contributed by atoms with Crippen LogP contribution in [0.3, 0.4) is 0 Å². The van der Waals surface area contributed by atoms with Gasteiger partial charge in [0.2, 0.25) is 11.8 Å². The van der Waals surface area contributed by atoms with E-state index in [9.17, 15) is 9.59 Å². The molecule has 148 valence electrons. The van der Waals surface area contributed by atoms with Crippen molar-refractivity contribution in [3.05, 3.63) is 23.9 Å². The zero-order valence-corrected chi connectivity index (χ0v) is 17.4. The molecule has 0 aromatic rings. The Morgan fingerprint density at radius 3 is 2.63 bits per heavy atom. The summed E-state index contributed by atoms with van der Waals surface area (Å²) in [6.45, 7) is 10.8. The minimum absolute atomic E-state index is 0.00222. The lowest BCUT2D eigenvalue weighted by Gasteiger charge is -2.56. The van der Waals surface area contributed by atoms with Crippen molar-refractivity contribution in [3.8, 4) is 0 Å². The predicted molar refractivity (Wildman–Crippen MR) is 107 cm³/mol. The third kappa shape index (κ3) is 2.87. The van der Waals surface area contributed by atoms with E-state index in [1.54, 1.807) is 6.08 Å². The highest BCUT2D eigenvalue weighted by molar-refractivity contribution is 5.90. The molecule has 0 unspecified atom stereocenters. The summed E-state index contributed by atoms with van der Waals surface area (Å²) >= 11 is 0. The third-order valence-corrected chi connectivity index (χ3v) is 8.04. The molecule has 4 aliphatic rings. The molecule has 4 nitrogen and oxygen atoms in total. The van der Waals surface area contributed by atoms with Gasteiger partial charge in [-0.15, -0.1) is 0 Å². The monoisotopic (exact) mass is 370 g/mol. The average molecular weight is 371 g/mol. The number of carbonyl (C=O) groups is 2. The Morgan fingerprint density at radius 2 is 1.93 bits per heavy atom. The van der Waals surface area contributed by atoms with Crippen LogP contribution in [0.2, 0.25) is 0 Å². The van der Waals surface area contributed by atoms with Crippen molar-refractivity contribution in [2.75, 3.05) is 0 Å². The van der Waals surface area contributed by atoms with Crippen LogP contribution in [0.25, 0.3) is 0 Å². The van der Waals surface area contributed by atoms with Gasteiger partial charge in [-0.25, -0.2) is 0 Å². The molecule has 6 atom stereocenters. The number of allylic oxidation sites excluding steroid dienone is 2. The molecule has 0 spiro atoms. The first-order valence-electron chi connectivity index (χ1n) is 10.6. The summed E-state index contributed by atoms with van der Waals surface area (Å²) in [6, 6.07) is 0. The summed E-state index contributed by atoms with van der Waals surface area (Å²) in [5.41, 5.74) is 0.952. The maximum atomic E-state index is 13.0. The van der Waals surface area contributed by atoms with E-state index in [1.165, 1.54) is 0 Å². The minimum atomic E-state index is -0.177. The highest BCUT2D eigenvalue weighted by Gasteiger charge is 2.59. The van der Waals surface area contributed by atoms with Crippen LogP contribution < -0.4 is 10.6 Å². The van der Waals surface area contributed by atoms with Crippen LogP contribution in [0, 0.1) is 34.5 Å². The van der Waals surface area contributed by atoms with Crippen LogP contribution in [0.5, 0.6) is 0 Å². The first kappa shape index (κ1) is 18.8. The van der Waals surface area contributed by atoms with Crippen molar-refractivity contribution in [3.63, 3.8) is 0 Å². The van der Waals surface area contributed by atoms with Gasteiger partial charge in [0.1, 0.15) is 0 Å². The van der Waals surface area contributed by atoms with Gasteiger partial charge in [-0.05, 0) is 76.0 Å². The van der Waals surface area contributed by atoms with E-state index >= 15 is 0 Å². The van der Waals surface area contributed by atoms with Crippen molar-refractivity contribution in [1.29, 1.82) is 0 Å². The normalized spacial score (nSPS) is 43.1. The van der Waals surface area contributed by atoms with Crippen molar-refractivity contribution in [2.45, 2.75) is 72.3 Å². The maximum Gasteiger partial charge on any atom is 0.247 e. The second-order valence-corrected chi connectivity index (χ2v) is 10.7. The summed E-state index contributed by atoms with van der Waals surface area (Å²) in [5, 5.41) is 6.32. The summed E-state index contributed by atoms with van der Waals surface area (Å²) in [6.07, 6.45) is 11.5. The van der Waals surface area contributed by atoms with E-state index < -0.39 is 0 Å². The number of nitrogens with one attached hydrogen (secondary N) is 2. The highest BCUT2D eigenvalue weighted by Crippen LogP contribution is 2.64. The molecule has 0 saturated heterocycles. The van der Waals surface area contributed by atoms with E-state index in [2.05, 4.69) is 57.4 Å². The Morgan fingerprint density at radius 1 is 1.19 bits per heavy atom. The highest BCUT2D eigenvalue weighted by atomic mass is 16.2. The lowest BCUT2D eigenvalue weighted by atomic mass is 9.50. The van der Waals surface area contributed by atoms with Crippen molar-refractivity contribution in [1.82, 2.24) is 10.6 Å². The zero-order chi connectivity index (χ0) is 19.6. The first-order chi connectivity index (χ1) is 12.5. The first-order valence-corrected chi connectivity index (χ1v) is 10.6. The Labute approximate surface area is 163 Å². The third-order valence-electron chi connectivity index (χ3n) is 8.04. The predicted octanol–water partition coefficient (Wildman–Crippen LogP) is 3.94. The minimum Gasteiger partial charge on any atom is -0.351 e. The van der Waals surface area contributed by atoms with E-state index in [1.807, 2.05) is 0 Å². The number of rotatable bonds is 1. The van der Waals surface area contributed by atoms with Gasteiger partial charge in [0.15, 0.2) is 0 Å². The number of amides is 2. The fourth-order valence-electron chi connectivity index (χ4n) is 6.74. The molecule has 0 radical (unpaired) electrons. The Bertz CT molecular complexity index is 731. The molecule has 0 aromatic heterocycles. The number of hydrogen-bond acceptors (Lipinski definition) is 2. The van der Waals surface area contributed by atoms with Crippen LogP contribution in [0.15, 0.2) is 23.9 Å². The Balaban J connectivity index is 1.60. The van der Waals surface area contributed by atoms with Crippen LogP contribution in [0.4, 0.5) is 0 Å². The number of carbonyl (C=O) groups excluding carboxylic acids is 2. The molecule has 4 heteroatoms. The molecule has 2 amide bonds. The van der Waals surface area contributed by atoms with E-state index in [0.717, 1.165) is 37.8 Å². The summed E-state index contributed by atoms with van der Waals surface area (Å²) < 4.78 is 0. The Hall–Kier alpha value is -1.58. The molecule has 1 aliphatic heterocycles. The number of fused-ring (bicyclic) bond motifs is 5. The van der Waals surface area contributed by atoms with Gasteiger partial charge in [0, 0.05) is 28.6 Å². The second kappa shape index (κ2) is 5.96. The van der Waals surface area contributed by atoms with Crippen molar-refractivity contribution >= 4 is 11.8 Å². The lowest BCUT2D eigenvalue weighted by Crippen LogP contribution is -2.53. The molecular formula is C23H34N2O2. The van der Waals surface area contributed by atoms with E-state index in [-0.39, 0.29) is 34.1 Å². The molecule has 0 bridgehead atoms. The fourth-order valence-corrected chi connectivity index (χ4v) is 6.74. The van der Waals surface area contributed by atoms with Gasteiger partial charge in [-0.3, -0.25) is 9.59 Å². The van der Waals surface area contributed by atoms with Crippen LogP contribution in [-0.2, 0) is 9.59 Å². The fraction of sp³-hybridized carbons (Fsp3) is 0.739. The van der Waals surface area contributed by atoms with Crippen LogP contribution >= 0.6 is 0 Å². The molecule has 2 N–H and O–H groups in total. The van der Waals surface area contributed by atoms with E-state index in [0.29, 0.717) is 17.8 Å². The van der Waals surface area contributed by atoms with E-state index in [4.69, 9.17) is 0 Å². The van der Waals surface area contributed by atoms with Gasteiger partial charge in [0.25, 0.3) is 0 Å². The van der Waals surface area contributed by atoms with Gasteiger partial charge in [-0.1, -0.05) is 26.0 Å². The largest absolute Gasteiger partial charge is 0.351 e. The molecule has 1 heterocycles. The van der Waals surface area contributed by atoms with Gasteiger partial charge in [0.05, 0.1) is 0 Å². The quantitative estimate of drug-likeness (QED) is 0.734. The molecule has 2 saturated carbocycles. The molecule has 27 heavy (non-hydrogen) atoms. The molecule has 3 aliphatic carbocycles. The topological polar surface area (TPSA) is 58.2 Å². The van der Waals surface area contributed by atoms with Gasteiger partial charge < -0.3 is 10.6 Å². The van der Waals surface area contributed by atoms with Gasteiger partial charge >= 0.3 is 0 Å². The van der Waals surface area contributed by atoms with Gasteiger partial charge in [-0.2, -0.15) is 0 Å². The Kier molecular flexibility index (Phi) is 4.14. The molecular weight excluding hydrogens is 336 g/mol. The number of hydrogen-bond donors (Lipinski definition) is 2.